The third kappa shape index (κ3) is 3.79. The summed E-state index contributed by atoms with van der Waals surface area (Å²) in [5.41, 5.74) is 0.539. The van der Waals surface area contributed by atoms with Crippen molar-refractivity contribution in [3.8, 4) is 24.3 Å². The number of benzene rings is 4. The predicted octanol–water partition coefficient (Wildman–Crippen LogP) is 9.20. The van der Waals surface area contributed by atoms with Crippen LogP contribution >= 0.6 is 46.4 Å². The summed E-state index contributed by atoms with van der Waals surface area (Å²) >= 11 is 25.5. The Balaban J connectivity index is 1.98. The van der Waals surface area contributed by atoms with Gasteiger partial charge in [0.05, 0.1) is 24.3 Å². The standard InChI is InChI=1S/C34H14Cl4N4/c35-21-5-1-19(2-6-21)29-25-11-9-23(37)13-27(25)34(17-41,18-42)32-30(20-3-7-22(36)8-4-20)26-12-10-24(38)14-28(26)33(15-39,16-40)31(29)32/h1-14H. The molecule has 198 valence electrons. The lowest BCUT2D eigenvalue weighted by atomic mass is 9.53. The van der Waals surface area contributed by atoms with E-state index in [4.69, 9.17) is 46.4 Å². The number of hydrogen-bond donors (Lipinski definition) is 0. The Kier molecular flexibility index (Phi) is 6.64. The first kappa shape index (κ1) is 27.6. The fourth-order valence-electron chi connectivity index (χ4n) is 5.98. The first-order chi connectivity index (χ1) is 20.2. The minimum Gasteiger partial charge on any atom is -0.196 e. The number of allylic oxidation sites excluding steroid dienone is 2. The number of nitriles is 4. The number of halogens is 4. The van der Waals surface area contributed by atoms with Crippen LogP contribution in [0.15, 0.2) is 96.1 Å². The zero-order valence-corrected chi connectivity index (χ0v) is 24.4. The summed E-state index contributed by atoms with van der Waals surface area (Å²) in [4.78, 5) is 0. The van der Waals surface area contributed by atoms with Gasteiger partial charge in [-0.15, -0.1) is 0 Å². The molecule has 0 bridgehead atoms. The smallest absolute Gasteiger partial charge is 0.195 e. The summed E-state index contributed by atoms with van der Waals surface area (Å²) in [6.45, 7) is 0. The highest BCUT2D eigenvalue weighted by Crippen LogP contribution is 2.60. The van der Waals surface area contributed by atoms with Gasteiger partial charge in [0, 0.05) is 42.4 Å². The first-order valence-electron chi connectivity index (χ1n) is 12.5. The third-order valence-corrected chi connectivity index (χ3v) is 8.72. The molecule has 0 radical (unpaired) electrons. The monoisotopic (exact) mass is 618 g/mol. The van der Waals surface area contributed by atoms with E-state index in [1.54, 1.807) is 84.9 Å². The molecular weight excluding hydrogens is 606 g/mol. The van der Waals surface area contributed by atoms with Crippen LogP contribution in [0, 0.1) is 45.3 Å². The van der Waals surface area contributed by atoms with Crippen LogP contribution in [0.3, 0.4) is 0 Å². The average Bonchev–Trinajstić information content (AvgIpc) is 3.00. The summed E-state index contributed by atoms with van der Waals surface area (Å²) < 4.78 is 0. The van der Waals surface area contributed by atoms with E-state index in [9.17, 15) is 21.0 Å². The van der Waals surface area contributed by atoms with Gasteiger partial charge >= 0.3 is 0 Å². The zero-order valence-electron chi connectivity index (χ0n) is 21.4. The van der Waals surface area contributed by atoms with Crippen molar-refractivity contribution in [1.29, 1.82) is 21.0 Å². The quantitative estimate of drug-likeness (QED) is 0.223. The van der Waals surface area contributed by atoms with E-state index in [-0.39, 0.29) is 11.1 Å². The molecule has 0 aliphatic heterocycles. The molecule has 4 aromatic rings. The molecule has 4 nitrogen and oxygen atoms in total. The molecule has 0 unspecified atom stereocenters. The Morgan fingerprint density at radius 3 is 1.05 bits per heavy atom. The summed E-state index contributed by atoms with van der Waals surface area (Å²) in [6, 6.07) is 32.9. The Morgan fingerprint density at radius 2 is 0.738 bits per heavy atom. The zero-order chi connectivity index (χ0) is 29.8. The van der Waals surface area contributed by atoms with Crippen molar-refractivity contribution in [2.24, 2.45) is 0 Å². The molecule has 42 heavy (non-hydrogen) atoms. The molecule has 0 heterocycles. The van der Waals surface area contributed by atoms with Gasteiger partial charge < -0.3 is 0 Å². The summed E-state index contributed by atoms with van der Waals surface area (Å²) in [7, 11) is 0. The SMILES string of the molecule is N#CC1(C#N)C2=C(c3ccc(Cl)cc3)c3ccc(Cl)cc3C(C#N)(C#N)C2=C(c2ccc(Cl)cc2)c2ccc(Cl)cc21. The molecule has 4 aromatic carbocycles. The lowest BCUT2D eigenvalue weighted by molar-refractivity contribution is 0.732. The Labute approximate surface area is 262 Å². The van der Waals surface area contributed by atoms with Gasteiger partial charge in [-0.25, -0.2) is 0 Å². The second-order valence-corrected chi connectivity index (χ2v) is 11.6. The minimum absolute atomic E-state index is 0.229. The fourth-order valence-corrected chi connectivity index (χ4v) is 6.57. The van der Waals surface area contributed by atoms with Crippen LogP contribution < -0.4 is 0 Å². The fraction of sp³-hybridized carbons (Fsp3) is 0.0588. The van der Waals surface area contributed by atoms with Gasteiger partial charge in [-0.3, -0.25) is 0 Å². The van der Waals surface area contributed by atoms with Crippen molar-refractivity contribution in [3.05, 3.63) is 150 Å². The van der Waals surface area contributed by atoms with Crippen LogP contribution in [0.5, 0.6) is 0 Å². The van der Waals surface area contributed by atoms with Crippen LogP contribution in [0.25, 0.3) is 11.1 Å². The highest BCUT2D eigenvalue weighted by atomic mass is 35.5. The predicted molar refractivity (Wildman–Crippen MR) is 164 cm³/mol. The first-order valence-corrected chi connectivity index (χ1v) is 14.0. The van der Waals surface area contributed by atoms with E-state index in [2.05, 4.69) is 24.3 Å². The van der Waals surface area contributed by atoms with Gasteiger partial charge in [-0.05, 0) is 81.9 Å². The van der Waals surface area contributed by atoms with Gasteiger partial charge in [-0.1, -0.05) is 82.8 Å². The molecule has 0 amide bonds. The van der Waals surface area contributed by atoms with Crippen molar-refractivity contribution in [2.75, 3.05) is 0 Å². The minimum atomic E-state index is -1.95. The van der Waals surface area contributed by atoms with Gasteiger partial charge in [0.25, 0.3) is 0 Å². The topological polar surface area (TPSA) is 95.2 Å². The van der Waals surface area contributed by atoms with E-state index in [0.29, 0.717) is 64.6 Å². The molecule has 2 aliphatic rings. The van der Waals surface area contributed by atoms with Crippen molar-refractivity contribution in [3.63, 3.8) is 0 Å². The largest absolute Gasteiger partial charge is 0.196 e. The summed E-state index contributed by atoms with van der Waals surface area (Å²) in [5, 5.41) is 45.4. The Bertz CT molecular complexity index is 1880. The second-order valence-electron chi connectivity index (χ2n) is 9.84. The lowest BCUT2D eigenvalue weighted by Gasteiger charge is -2.44. The lowest BCUT2D eigenvalue weighted by Crippen LogP contribution is -2.42. The van der Waals surface area contributed by atoms with Crippen LogP contribution in [-0.2, 0) is 10.8 Å². The van der Waals surface area contributed by atoms with Gasteiger partial charge in [0.2, 0.25) is 0 Å². The van der Waals surface area contributed by atoms with Crippen LogP contribution in [-0.4, -0.2) is 0 Å². The van der Waals surface area contributed by atoms with Crippen molar-refractivity contribution in [1.82, 2.24) is 0 Å². The van der Waals surface area contributed by atoms with E-state index in [0.717, 1.165) is 0 Å². The molecule has 0 spiro atoms. The molecule has 0 saturated heterocycles. The van der Waals surface area contributed by atoms with Crippen LogP contribution in [0.2, 0.25) is 20.1 Å². The summed E-state index contributed by atoms with van der Waals surface area (Å²) in [5.74, 6) is 0. The van der Waals surface area contributed by atoms with E-state index in [1.165, 1.54) is 0 Å². The molecule has 6 rings (SSSR count). The van der Waals surface area contributed by atoms with Crippen molar-refractivity contribution < 1.29 is 0 Å². The van der Waals surface area contributed by atoms with E-state index < -0.39 is 10.8 Å². The highest BCUT2D eigenvalue weighted by molar-refractivity contribution is 6.32. The summed E-state index contributed by atoms with van der Waals surface area (Å²) in [6.07, 6.45) is 0. The maximum Gasteiger partial charge on any atom is 0.195 e. The van der Waals surface area contributed by atoms with Crippen LogP contribution in [0.4, 0.5) is 0 Å². The van der Waals surface area contributed by atoms with Gasteiger partial charge in [-0.2, -0.15) is 21.0 Å². The third-order valence-electron chi connectivity index (χ3n) is 7.75. The molecule has 0 atom stereocenters. The normalized spacial score (nSPS) is 15.7. The number of rotatable bonds is 2. The van der Waals surface area contributed by atoms with Gasteiger partial charge in [0.1, 0.15) is 0 Å². The molecule has 0 fully saturated rings. The van der Waals surface area contributed by atoms with Gasteiger partial charge in [0.15, 0.2) is 10.8 Å². The van der Waals surface area contributed by atoms with Crippen molar-refractivity contribution in [2.45, 2.75) is 10.8 Å². The van der Waals surface area contributed by atoms with E-state index >= 15 is 0 Å². The maximum absolute atomic E-state index is 10.9. The number of nitrogens with zero attached hydrogens (tertiary/aromatic N) is 4. The molecule has 2 aliphatic carbocycles. The average molecular weight is 620 g/mol. The second kappa shape index (κ2) is 10.1. The molecule has 0 aromatic heterocycles. The highest BCUT2D eigenvalue weighted by Gasteiger charge is 2.57. The number of fused-ring (bicyclic) bond motifs is 3. The molecule has 0 saturated carbocycles. The van der Waals surface area contributed by atoms with Crippen molar-refractivity contribution >= 4 is 57.5 Å². The maximum atomic E-state index is 10.9. The Morgan fingerprint density at radius 1 is 0.429 bits per heavy atom. The molecule has 0 N–H and O–H groups in total. The molecular formula is C34H14Cl4N4. The van der Waals surface area contributed by atoms with E-state index in [1.807, 2.05) is 0 Å². The molecule has 8 heteroatoms. The number of hydrogen-bond acceptors (Lipinski definition) is 4. The van der Waals surface area contributed by atoms with Crippen LogP contribution in [0.1, 0.15) is 33.4 Å². The Hall–Kier alpha value is -4.52.